The number of carbonyl (C=O) groups excluding carboxylic acids is 2. The van der Waals surface area contributed by atoms with E-state index >= 15 is 0 Å². The normalized spacial score (nSPS) is 9.37. The molecule has 0 aliphatic carbocycles. The van der Waals surface area contributed by atoms with Crippen molar-refractivity contribution in [3.05, 3.63) is 29.8 Å². The number of esters is 1. The average Bonchev–Trinajstić information content (AvgIpc) is 2.37. The van der Waals surface area contributed by atoms with Crippen LogP contribution in [-0.4, -0.2) is 31.6 Å². The zero-order chi connectivity index (χ0) is 13.4. The van der Waals surface area contributed by atoms with Crippen LogP contribution >= 0.6 is 12.4 Å². The Balaban J connectivity index is 0.00000324. The molecule has 5 nitrogen and oxygen atoms in total. The van der Waals surface area contributed by atoms with Crippen molar-refractivity contribution in [3.63, 3.8) is 0 Å². The summed E-state index contributed by atoms with van der Waals surface area (Å²) in [6.07, 6.45) is 0. The van der Waals surface area contributed by atoms with Crippen LogP contribution in [0.4, 0.5) is 5.69 Å². The van der Waals surface area contributed by atoms with Gasteiger partial charge >= 0.3 is 5.97 Å². The summed E-state index contributed by atoms with van der Waals surface area (Å²) in [5.41, 5.74) is 1.13. The second kappa shape index (κ2) is 9.35. The summed E-state index contributed by atoms with van der Waals surface area (Å²) in [5, 5.41) is 5.65. The summed E-state index contributed by atoms with van der Waals surface area (Å²) in [6.45, 7) is 5.06. The fourth-order valence-electron chi connectivity index (χ4n) is 1.35. The SMILES string of the molecule is CCNCC(=O)Nc1ccc(C(=O)OCC)cc1.Cl. The summed E-state index contributed by atoms with van der Waals surface area (Å²) >= 11 is 0. The Labute approximate surface area is 119 Å². The van der Waals surface area contributed by atoms with Gasteiger partial charge in [0.15, 0.2) is 0 Å². The van der Waals surface area contributed by atoms with E-state index in [0.717, 1.165) is 6.54 Å². The van der Waals surface area contributed by atoms with Crippen LogP contribution in [0.3, 0.4) is 0 Å². The third kappa shape index (κ3) is 6.22. The van der Waals surface area contributed by atoms with Crippen LogP contribution < -0.4 is 10.6 Å². The summed E-state index contributed by atoms with van der Waals surface area (Å²) in [7, 11) is 0. The fourth-order valence-corrected chi connectivity index (χ4v) is 1.35. The highest BCUT2D eigenvalue weighted by Gasteiger charge is 2.06. The van der Waals surface area contributed by atoms with Crippen molar-refractivity contribution in [2.75, 3.05) is 25.0 Å². The molecule has 0 atom stereocenters. The zero-order valence-electron chi connectivity index (χ0n) is 11.1. The number of ether oxygens (including phenoxy) is 1. The minimum absolute atomic E-state index is 0. The topological polar surface area (TPSA) is 67.4 Å². The van der Waals surface area contributed by atoms with Gasteiger partial charge in [-0.3, -0.25) is 4.79 Å². The number of anilines is 1. The van der Waals surface area contributed by atoms with Crippen molar-refractivity contribution in [1.29, 1.82) is 0 Å². The summed E-state index contributed by atoms with van der Waals surface area (Å²) in [5.74, 6) is -0.469. The van der Waals surface area contributed by atoms with Gasteiger partial charge in [0.05, 0.1) is 18.7 Å². The van der Waals surface area contributed by atoms with Gasteiger partial charge in [-0.2, -0.15) is 0 Å². The van der Waals surface area contributed by atoms with Crippen LogP contribution in [0.1, 0.15) is 24.2 Å². The van der Waals surface area contributed by atoms with E-state index in [9.17, 15) is 9.59 Å². The number of hydrogen-bond acceptors (Lipinski definition) is 4. The van der Waals surface area contributed by atoms with E-state index < -0.39 is 0 Å². The van der Waals surface area contributed by atoms with Crippen LogP contribution in [-0.2, 0) is 9.53 Å². The molecule has 6 heteroatoms. The van der Waals surface area contributed by atoms with Crippen molar-refractivity contribution in [2.45, 2.75) is 13.8 Å². The lowest BCUT2D eigenvalue weighted by Crippen LogP contribution is -2.27. The Morgan fingerprint density at radius 2 is 1.79 bits per heavy atom. The van der Waals surface area contributed by atoms with Gasteiger partial charge in [0, 0.05) is 5.69 Å². The molecule has 0 radical (unpaired) electrons. The Morgan fingerprint density at radius 1 is 1.16 bits per heavy atom. The van der Waals surface area contributed by atoms with Gasteiger partial charge in [-0.05, 0) is 37.7 Å². The smallest absolute Gasteiger partial charge is 0.338 e. The molecule has 1 amide bonds. The largest absolute Gasteiger partial charge is 0.462 e. The highest BCUT2D eigenvalue weighted by Crippen LogP contribution is 2.10. The maximum Gasteiger partial charge on any atom is 0.338 e. The lowest BCUT2D eigenvalue weighted by Gasteiger charge is -2.06. The second-order valence-corrected chi connectivity index (χ2v) is 3.63. The molecule has 1 rings (SSSR count). The van der Waals surface area contributed by atoms with E-state index in [0.29, 0.717) is 17.9 Å². The zero-order valence-corrected chi connectivity index (χ0v) is 11.9. The molecule has 0 aliphatic rings. The quantitative estimate of drug-likeness (QED) is 0.783. The minimum Gasteiger partial charge on any atom is -0.462 e. The van der Waals surface area contributed by atoms with Crippen LogP contribution in [0.2, 0.25) is 0 Å². The second-order valence-electron chi connectivity index (χ2n) is 3.63. The lowest BCUT2D eigenvalue weighted by atomic mass is 10.2. The Hall–Kier alpha value is -1.59. The van der Waals surface area contributed by atoms with Crippen molar-refractivity contribution in [3.8, 4) is 0 Å². The number of rotatable bonds is 6. The fraction of sp³-hybridized carbons (Fsp3) is 0.385. The predicted molar refractivity (Wildman–Crippen MR) is 76.8 cm³/mol. The molecule has 0 heterocycles. The van der Waals surface area contributed by atoms with Crippen molar-refractivity contribution in [2.24, 2.45) is 0 Å². The Kier molecular flexibility index (Phi) is 8.57. The van der Waals surface area contributed by atoms with Gasteiger partial charge in [-0.1, -0.05) is 6.92 Å². The molecule has 2 N–H and O–H groups in total. The highest BCUT2D eigenvalue weighted by molar-refractivity contribution is 5.93. The average molecular weight is 287 g/mol. The number of carbonyl (C=O) groups is 2. The molecule has 0 aliphatic heterocycles. The van der Waals surface area contributed by atoms with Crippen LogP contribution in [0.25, 0.3) is 0 Å². The number of benzene rings is 1. The number of hydrogen-bond donors (Lipinski definition) is 2. The van der Waals surface area contributed by atoms with Gasteiger partial charge in [0.2, 0.25) is 5.91 Å². The molecule has 0 saturated heterocycles. The van der Waals surface area contributed by atoms with Gasteiger partial charge < -0.3 is 15.4 Å². The maximum atomic E-state index is 11.4. The van der Waals surface area contributed by atoms with E-state index in [1.165, 1.54) is 0 Å². The predicted octanol–water partition coefficient (Wildman–Crippen LogP) is 1.83. The third-order valence-corrected chi connectivity index (χ3v) is 2.22. The lowest BCUT2D eigenvalue weighted by molar-refractivity contribution is -0.115. The van der Waals surface area contributed by atoms with E-state index in [4.69, 9.17) is 4.74 Å². The minimum atomic E-state index is -0.358. The maximum absolute atomic E-state index is 11.4. The molecule has 0 bridgehead atoms. The molecule has 106 valence electrons. The number of halogens is 1. The van der Waals surface area contributed by atoms with E-state index in [1.54, 1.807) is 31.2 Å². The van der Waals surface area contributed by atoms with Crippen molar-refractivity contribution < 1.29 is 14.3 Å². The van der Waals surface area contributed by atoms with Crippen LogP contribution in [0, 0.1) is 0 Å². The molecule has 0 fully saturated rings. The van der Waals surface area contributed by atoms with Crippen LogP contribution in [0.15, 0.2) is 24.3 Å². The Morgan fingerprint density at radius 3 is 2.32 bits per heavy atom. The highest BCUT2D eigenvalue weighted by atomic mass is 35.5. The third-order valence-electron chi connectivity index (χ3n) is 2.22. The summed E-state index contributed by atoms with van der Waals surface area (Å²) < 4.78 is 4.87. The van der Waals surface area contributed by atoms with Gasteiger partial charge in [0.25, 0.3) is 0 Å². The van der Waals surface area contributed by atoms with E-state index in [-0.39, 0.29) is 30.8 Å². The molecule has 0 saturated carbocycles. The van der Waals surface area contributed by atoms with E-state index in [1.807, 2.05) is 6.92 Å². The molecular formula is C13H19ClN2O3. The molecule has 0 unspecified atom stereocenters. The van der Waals surface area contributed by atoms with Gasteiger partial charge in [-0.25, -0.2) is 4.79 Å². The molecule has 0 spiro atoms. The van der Waals surface area contributed by atoms with Gasteiger partial charge in [0.1, 0.15) is 0 Å². The first-order valence-electron chi connectivity index (χ1n) is 5.95. The standard InChI is InChI=1S/C13H18N2O3.ClH/c1-3-14-9-12(16)15-11-7-5-10(6-8-11)13(17)18-4-2;/h5-8,14H,3-4,9H2,1-2H3,(H,15,16);1H. The van der Waals surface area contributed by atoms with Gasteiger partial charge in [-0.15, -0.1) is 12.4 Å². The molecule has 1 aromatic rings. The summed E-state index contributed by atoms with van der Waals surface area (Å²) in [4.78, 5) is 22.8. The first-order valence-corrected chi connectivity index (χ1v) is 5.95. The first-order chi connectivity index (χ1) is 8.67. The van der Waals surface area contributed by atoms with Crippen LogP contribution in [0.5, 0.6) is 0 Å². The molecule has 19 heavy (non-hydrogen) atoms. The van der Waals surface area contributed by atoms with Crippen molar-refractivity contribution >= 4 is 30.0 Å². The number of amides is 1. The molecule has 0 aromatic heterocycles. The van der Waals surface area contributed by atoms with Crippen molar-refractivity contribution in [1.82, 2.24) is 5.32 Å². The molecule has 1 aromatic carbocycles. The number of likely N-dealkylation sites (N-methyl/N-ethyl adjacent to an activating group) is 1. The monoisotopic (exact) mass is 286 g/mol. The Bertz CT molecular complexity index is 407. The number of nitrogens with one attached hydrogen (secondary N) is 2. The molecular weight excluding hydrogens is 268 g/mol. The first kappa shape index (κ1) is 17.4. The van der Waals surface area contributed by atoms with E-state index in [2.05, 4.69) is 10.6 Å². The summed E-state index contributed by atoms with van der Waals surface area (Å²) in [6, 6.07) is 6.61.